The Hall–Kier alpha value is -0.930. The molecule has 0 bridgehead atoms. The summed E-state index contributed by atoms with van der Waals surface area (Å²) in [4.78, 5) is 6.64. The largest absolute Gasteiger partial charge is 0.385 e. The van der Waals surface area contributed by atoms with Crippen molar-refractivity contribution in [3.8, 4) is 0 Å². The van der Waals surface area contributed by atoms with Gasteiger partial charge in [0.2, 0.25) is 0 Å². The van der Waals surface area contributed by atoms with Crippen LogP contribution in [0.4, 0.5) is 0 Å². The van der Waals surface area contributed by atoms with E-state index in [2.05, 4.69) is 16.8 Å². The van der Waals surface area contributed by atoms with Gasteiger partial charge in [-0.25, -0.2) is 0 Å². The highest BCUT2D eigenvalue weighted by Gasteiger charge is 2.33. The molecule has 3 nitrogen and oxygen atoms in total. The van der Waals surface area contributed by atoms with E-state index in [1.807, 2.05) is 25.3 Å². The van der Waals surface area contributed by atoms with Crippen LogP contribution in [0.2, 0.25) is 0 Å². The van der Waals surface area contributed by atoms with Crippen LogP contribution < -0.4 is 0 Å². The maximum absolute atomic E-state index is 10.6. The average Bonchev–Trinajstić information content (AvgIpc) is 2.31. The minimum atomic E-state index is -0.660. The summed E-state index contributed by atoms with van der Waals surface area (Å²) < 4.78 is 0. The molecule has 16 heavy (non-hydrogen) atoms. The van der Waals surface area contributed by atoms with Gasteiger partial charge in [-0.2, -0.15) is 0 Å². The van der Waals surface area contributed by atoms with E-state index in [1.165, 1.54) is 0 Å². The molecule has 0 atom stereocenters. The van der Waals surface area contributed by atoms with Crippen molar-refractivity contribution in [2.75, 3.05) is 19.6 Å². The molecule has 88 valence electrons. The van der Waals surface area contributed by atoms with Crippen LogP contribution in [0.3, 0.4) is 0 Å². The lowest BCUT2D eigenvalue weighted by molar-refractivity contribution is -0.0249. The van der Waals surface area contributed by atoms with Gasteiger partial charge in [0.1, 0.15) is 0 Å². The van der Waals surface area contributed by atoms with Crippen molar-refractivity contribution in [1.29, 1.82) is 0 Å². The van der Waals surface area contributed by atoms with Crippen molar-refractivity contribution in [1.82, 2.24) is 9.88 Å². The molecule has 1 N–H and O–H groups in total. The van der Waals surface area contributed by atoms with Crippen molar-refractivity contribution in [2.24, 2.45) is 0 Å². The van der Waals surface area contributed by atoms with Crippen molar-refractivity contribution in [3.05, 3.63) is 29.6 Å². The first kappa shape index (κ1) is 11.6. The Balaban J connectivity index is 2.11. The lowest BCUT2D eigenvalue weighted by Crippen LogP contribution is -2.42. The molecule has 0 aromatic carbocycles. The minimum absolute atomic E-state index is 0.660. The molecule has 2 rings (SSSR count). The molecule has 0 aliphatic carbocycles. The zero-order valence-corrected chi connectivity index (χ0v) is 10.1. The molecule has 1 aromatic heterocycles. The number of nitrogens with zero attached hydrogens (tertiary/aromatic N) is 2. The second kappa shape index (κ2) is 4.52. The molecule has 1 saturated heterocycles. The van der Waals surface area contributed by atoms with Crippen LogP contribution in [0.5, 0.6) is 0 Å². The Morgan fingerprint density at radius 2 is 2.06 bits per heavy atom. The van der Waals surface area contributed by atoms with Gasteiger partial charge in [-0.3, -0.25) is 4.98 Å². The van der Waals surface area contributed by atoms with Gasteiger partial charge in [-0.05, 0) is 32.4 Å². The summed E-state index contributed by atoms with van der Waals surface area (Å²) in [6.45, 7) is 7.15. The van der Waals surface area contributed by atoms with Crippen LogP contribution in [0, 0.1) is 6.92 Å². The molecule has 0 unspecified atom stereocenters. The van der Waals surface area contributed by atoms with E-state index in [-0.39, 0.29) is 0 Å². The van der Waals surface area contributed by atoms with Crippen LogP contribution in [-0.2, 0) is 5.60 Å². The van der Waals surface area contributed by atoms with Crippen molar-refractivity contribution in [2.45, 2.75) is 32.3 Å². The molecule has 0 spiro atoms. The number of piperidine rings is 1. The minimum Gasteiger partial charge on any atom is -0.385 e. The maximum Gasteiger partial charge on any atom is 0.0935 e. The van der Waals surface area contributed by atoms with Gasteiger partial charge in [0.05, 0.1) is 5.60 Å². The smallest absolute Gasteiger partial charge is 0.0935 e. The second-order valence-electron chi connectivity index (χ2n) is 4.65. The van der Waals surface area contributed by atoms with Gasteiger partial charge in [0.15, 0.2) is 0 Å². The lowest BCUT2D eigenvalue weighted by Gasteiger charge is -2.37. The van der Waals surface area contributed by atoms with Gasteiger partial charge < -0.3 is 10.0 Å². The number of aromatic nitrogens is 1. The number of aryl methyl sites for hydroxylation is 1. The summed E-state index contributed by atoms with van der Waals surface area (Å²) in [5, 5.41) is 10.6. The number of hydrogen-bond donors (Lipinski definition) is 1. The van der Waals surface area contributed by atoms with Crippen molar-refractivity contribution < 1.29 is 5.11 Å². The topological polar surface area (TPSA) is 36.4 Å². The molecule has 0 saturated carbocycles. The molecule has 1 aliphatic heterocycles. The average molecular weight is 220 g/mol. The van der Waals surface area contributed by atoms with Gasteiger partial charge in [-0.1, -0.05) is 13.0 Å². The Kier molecular flexibility index (Phi) is 3.26. The van der Waals surface area contributed by atoms with Gasteiger partial charge in [0, 0.05) is 30.5 Å². The molecular weight excluding hydrogens is 200 g/mol. The molecule has 1 aliphatic rings. The van der Waals surface area contributed by atoms with E-state index in [4.69, 9.17) is 0 Å². The highest BCUT2D eigenvalue weighted by atomic mass is 16.3. The van der Waals surface area contributed by atoms with E-state index in [0.29, 0.717) is 0 Å². The van der Waals surface area contributed by atoms with Gasteiger partial charge in [0.25, 0.3) is 0 Å². The lowest BCUT2D eigenvalue weighted by atomic mass is 9.85. The number of likely N-dealkylation sites (tertiary alicyclic amines) is 1. The molecule has 0 radical (unpaired) electrons. The molecule has 1 fully saturated rings. The van der Waals surface area contributed by atoms with Crippen molar-refractivity contribution in [3.63, 3.8) is 0 Å². The number of rotatable bonds is 2. The van der Waals surface area contributed by atoms with E-state index in [1.54, 1.807) is 0 Å². The van der Waals surface area contributed by atoms with Crippen LogP contribution in [0.15, 0.2) is 18.3 Å². The summed E-state index contributed by atoms with van der Waals surface area (Å²) in [6, 6.07) is 3.98. The van der Waals surface area contributed by atoms with E-state index in [9.17, 15) is 5.11 Å². The predicted molar refractivity (Wildman–Crippen MR) is 64.2 cm³/mol. The Morgan fingerprint density at radius 1 is 1.38 bits per heavy atom. The molecule has 2 heterocycles. The van der Waals surface area contributed by atoms with Crippen LogP contribution >= 0.6 is 0 Å². The van der Waals surface area contributed by atoms with Crippen molar-refractivity contribution >= 4 is 0 Å². The third kappa shape index (κ3) is 2.25. The summed E-state index contributed by atoms with van der Waals surface area (Å²) >= 11 is 0. The summed E-state index contributed by atoms with van der Waals surface area (Å²) in [7, 11) is 0. The van der Waals surface area contributed by atoms with E-state index >= 15 is 0 Å². The summed E-state index contributed by atoms with van der Waals surface area (Å²) in [6.07, 6.45) is 3.44. The first-order valence-corrected chi connectivity index (χ1v) is 6.02. The number of hydrogen-bond acceptors (Lipinski definition) is 3. The number of aliphatic hydroxyl groups is 1. The van der Waals surface area contributed by atoms with Gasteiger partial charge >= 0.3 is 0 Å². The molecule has 3 heteroatoms. The first-order valence-electron chi connectivity index (χ1n) is 6.02. The quantitative estimate of drug-likeness (QED) is 0.824. The Bertz CT molecular complexity index is 339. The fourth-order valence-electron chi connectivity index (χ4n) is 2.27. The zero-order valence-electron chi connectivity index (χ0n) is 10.1. The third-order valence-corrected chi connectivity index (χ3v) is 3.58. The molecule has 0 amide bonds. The normalized spacial score (nSPS) is 20.9. The first-order chi connectivity index (χ1) is 7.64. The number of pyridine rings is 1. The second-order valence-corrected chi connectivity index (χ2v) is 4.65. The van der Waals surface area contributed by atoms with E-state index < -0.39 is 5.60 Å². The van der Waals surface area contributed by atoms with Gasteiger partial charge in [-0.15, -0.1) is 0 Å². The Morgan fingerprint density at radius 3 is 2.56 bits per heavy atom. The fraction of sp³-hybridized carbons (Fsp3) is 0.615. The molecule has 1 aromatic rings. The van der Waals surface area contributed by atoms with E-state index in [0.717, 1.165) is 43.7 Å². The SMILES string of the molecule is CCN1CCC(O)(c2ccc(C)nc2)CC1. The zero-order chi connectivity index (χ0) is 11.6. The highest BCUT2D eigenvalue weighted by molar-refractivity contribution is 5.21. The summed E-state index contributed by atoms with van der Waals surface area (Å²) in [5.41, 5.74) is 1.30. The maximum atomic E-state index is 10.6. The third-order valence-electron chi connectivity index (χ3n) is 3.58. The molecular formula is C13H20N2O. The van der Waals surface area contributed by atoms with Crippen LogP contribution in [-0.4, -0.2) is 34.6 Å². The summed E-state index contributed by atoms with van der Waals surface area (Å²) in [5.74, 6) is 0. The van der Waals surface area contributed by atoms with Crippen LogP contribution in [0.1, 0.15) is 31.0 Å². The predicted octanol–water partition coefficient (Wildman–Crippen LogP) is 1.69. The standard InChI is InChI=1S/C13H20N2O/c1-3-15-8-6-13(16,7-9-15)12-5-4-11(2)14-10-12/h4-5,10,16H,3,6-9H2,1-2H3. The monoisotopic (exact) mass is 220 g/mol. The highest BCUT2D eigenvalue weighted by Crippen LogP contribution is 2.32. The van der Waals surface area contributed by atoms with Crippen LogP contribution in [0.25, 0.3) is 0 Å². The fourth-order valence-corrected chi connectivity index (χ4v) is 2.27. The Labute approximate surface area is 97.1 Å².